The van der Waals surface area contributed by atoms with E-state index < -0.39 is 11.7 Å². The van der Waals surface area contributed by atoms with Crippen LogP contribution in [-0.4, -0.2) is 69.8 Å². The number of rotatable bonds is 5. The predicted octanol–water partition coefficient (Wildman–Crippen LogP) is 3.56. The van der Waals surface area contributed by atoms with Crippen molar-refractivity contribution in [1.82, 2.24) is 4.90 Å². The van der Waals surface area contributed by atoms with E-state index in [1.54, 1.807) is 6.07 Å². The molecule has 2 aromatic carbocycles. The van der Waals surface area contributed by atoms with Gasteiger partial charge in [0.05, 0.1) is 47.9 Å². The fraction of sp³-hybridized carbons (Fsp3) is 0.440. The van der Waals surface area contributed by atoms with Crippen LogP contribution in [0.25, 0.3) is 0 Å². The molecule has 2 saturated heterocycles. The van der Waals surface area contributed by atoms with E-state index in [2.05, 4.69) is 16.3 Å². The monoisotopic (exact) mass is 487 g/mol. The van der Waals surface area contributed by atoms with Crippen LogP contribution in [0, 0.1) is 11.3 Å². The summed E-state index contributed by atoms with van der Waals surface area (Å²) in [5.41, 5.74) is 1.40. The van der Waals surface area contributed by atoms with Crippen molar-refractivity contribution in [2.75, 3.05) is 74.1 Å². The van der Waals surface area contributed by atoms with Crippen LogP contribution in [0.15, 0.2) is 42.5 Å². The Balaban J connectivity index is 1.43. The number of halogens is 3. The van der Waals surface area contributed by atoms with Crippen LogP contribution in [0.3, 0.4) is 0 Å². The number of ether oxygens (including phenoxy) is 1. The molecule has 1 N–H and O–H groups in total. The molecule has 2 heterocycles. The Labute approximate surface area is 202 Å². The summed E-state index contributed by atoms with van der Waals surface area (Å²) >= 11 is 0. The van der Waals surface area contributed by atoms with E-state index in [4.69, 9.17) is 4.74 Å². The van der Waals surface area contributed by atoms with Crippen LogP contribution >= 0.6 is 0 Å². The Morgan fingerprint density at radius 1 is 0.971 bits per heavy atom. The van der Waals surface area contributed by atoms with Crippen LogP contribution < -0.4 is 15.1 Å². The number of anilines is 3. The molecule has 0 saturated carbocycles. The van der Waals surface area contributed by atoms with Gasteiger partial charge in [-0.15, -0.1) is 0 Å². The second-order valence-electron chi connectivity index (χ2n) is 8.62. The third kappa shape index (κ3) is 6.24. The standard InChI is InChI=1S/C25H28F3N5O2/c26-25(27,28)20-6-7-23(33-12-14-35-15-13-33)21(16-20)30-24(34)18-31-8-3-9-32(11-10-31)22-5-2-1-4-19(22)17-29/h1-2,4-7,16H,3,8-15,18H2,(H,30,34). The number of alkyl halides is 3. The topological polar surface area (TPSA) is 71.8 Å². The third-order valence-corrected chi connectivity index (χ3v) is 6.27. The fourth-order valence-electron chi connectivity index (χ4n) is 4.50. The smallest absolute Gasteiger partial charge is 0.378 e. The fourth-order valence-corrected chi connectivity index (χ4v) is 4.50. The van der Waals surface area contributed by atoms with Crippen LogP contribution in [0.2, 0.25) is 0 Å². The van der Waals surface area contributed by atoms with E-state index in [-0.39, 0.29) is 18.1 Å². The van der Waals surface area contributed by atoms with Gasteiger partial charge in [-0.3, -0.25) is 9.69 Å². The van der Waals surface area contributed by atoms with Gasteiger partial charge in [-0.1, -0.05) is 12.1 Å². The Kier molecular flexibility index (Phi) is 7.78. The first-order valence-electron chi connectivity index (χ1n) is 11.7. The van der Waals surface area contributed by atoms with Crippen LogP contribution in [0.4, 0.5) is 30.2 Å². The average molecular weight is 488 g/mol. The lowest BCUT2D eigenvalue weighted by molar-refractivity contribution is -0.137. The number of hydrogen-bond acceptors (Lipinski definition) is 6. The molecule has 0 aliphatic carbocycles. The lowest BCUT2D eigenvalue weighted by Crippen LogP contribution is -2.38. The molecule has 10 heteroatoms. The number of benzene rings is 2. The van der Waals surface area contributed by atoms with Crippen LogP contribution in [-0.2, 0) is 15.7 Å². The second kappa shape index (κ2) is 11.0. The molecule has 35 heavy (non-hydrogen) atoms. The minimum Gasteiger partial charge on any atom is -0.378 e. The molecule has 2 aliphatic heterocycles. The molecule has 2 aromatic rings. The SMILES string of the molecule is N#Cc1ccccc1N1CCCN(CC(=O)Nc2cc(C(F)(F)F)ccc2N2CCOCC2)CC1. The zero-order valence-corrected chi connectivity index (χ0v) is 19.4. The molecular weight excluding hydrogens is 459 g/mol. The molecule has 4 rings (SSSR count). The normalized spacial score (nSPS) is 17.5. The molecule has 0 atom stereocenters. The van der Waals surface area contributed by atoms with Crippen LogP contribution in [0.5, 0.6) is 0 Å². The predicted molar refractivity (Wildman–Crippen MR) is 128 cm³/mol. The Hall–Kier alpha value is -3.29. The van der Waals surface area contributed by atoms with Gasteiger partial charge in [0.2, 0.25) is 5.91 Å². The minimum absolute atomic E-state index is 0.0759. The van der Waals surface area contributed by atoms with Gasteiger partial charge in [0, 0.05) is 39.3 Å². The average Bonchev–Trinajstić information content (AvgIpc) is 3.09. The molecule has 2 fully saturated rings. The summed E-state index contributed by atoms with van der Waals surface area (Å²) in [7, 11) is 0. The highest BCUT2D eigenvalue weighted by Crippen LogP contribution is 2.35. The number of morpholine rings is 1. The number of nitrogens with zero attached hydrogens (tertiary/aromatic N) is 4. The van der Waals surface area contributed by atoms with Gasteiger partial charge in [-0.25, -0.2) is 0 Å². The van der Waals surface area contributed by atoms with Crippen molar-refractivity contribution in [3.63, 3.8) is 0 Å². The molecular formula is C25H28F3N5O2. The van der Waals surface area contributed by atoms with Crippen molar-refractivity contribution < 1.29 is 22.7 Å². The number of amides is 1. The van der Waals surface area contributed by atoms with Crippen molar-refractivity contribution in [3.05, 3.63) is 53.6 Å². The molecule has 0 unspecified atom stereocenters. The summed E-state index contributed by atoms with van der Waals surface area (Å²) in [6.45, 7) is 4.80. The van der Waals surface area contributed by atoms with Crippen LogP contribution in [0.1, 0.15) is 17.5 Å². The van der Waals surface area contributed by atoms with Gasteiger partial charge < -0.3 is 19.9 Å². The molecule has 0 aromatic heterocycles. The molecule has 0 radical (unpaired) electrons. The highest BCUT2D eigenvalue weighted by Gasteiger charge is 2.32. The summed E-state index contributed by atoms with van der Waals surface area (Å²) in [6, 6.07) is 13.1. The van der Waals surface area contributed by atoms with E-state index in [0.717, 1.165) is 30.8 Å². The Morgan fingerprint density at radius 3 is 2.46 bits per heavy atom. The maximum atomic E-state index is 13.3. The van der Waals surface area contributed by atoms with E-state index in [0.29, 0.717) is 57.2 Å². The molecule has 0 spiro atoms. The summed E-state index contributed by atoms with van der Waals surface area (Å²) < 4.78 is 45.4. The zero-order chi connectivity index (χ0) is 24.8. The van der Waals surface area contributed by atoms with Gasteiger partial charge >= 0.3 is 6.18 Å². The number of nitrogens with one attached hydrogen (secondary N) is 1. The van der Waals surface area contributed by atoms with E-state index in [9.17, 15) is 23.2 Å². The zero-order valence-electron chi connectivity index (χ0n) is 19.4. The first-order valence-corrected chi connectivity index (χ1v) is 11.7. The molecule has 186 valence electrons. The third-order valence-electron chi connectivity index (χ3n) is 6.27. The highest BCUT2D eigenvalue weighted by molar-refractivity contribution is 5.96. The summed E-state index contributed by atoms with van der Waals surface area (Å²) in [4.78, 5) is 19.0. The number of nitriles is 1. The van der Waals surface area contributed by atoms with Gasteiger partial charge in [0.15, 0.2) is 0 Å². The van der Waals surface area contributed by atoms with Crippen molar-refractivity contribution >= 4 is 23.0 Å². The quantitative estimate of drug-likeness (QED) is 0.696. The summed E-state index contributed by atoms with van der Waals surface area (Å²) in [5, 5.41) is 12.1. The minimum atomic E-state index is -4.50. The van der Waals surface area contributed by atoms with Gasteiger partial charge in [-0.2, -0.15) is 18.4 Å². The Bertz CT molecular complexity index is 1080. The van der Waals surface area contributed by atoms with Crippen molar-refractivity contribution in [2.24, 2.45) is 0 Å². The van der Waals surface area contributed by atoms with E-state index >= 15 is 0 Å². The second-order valence-corrected chi connectivity index (χ2v) is 8.62. The lowest BCUT2D eigenvalue weighted by Gasteiger charge is -2.31. The number of carbonyl (C=O) groups is 1. The maximum Gasteiger partial charge on any atom is 0.416 e. The van der Waals surface area contributed by atoms with Crippen molar-refractivity contribution in [1.29, 1.82) is 5.26 Å². The van der Waals surface area contributed by atoms with Gasteiger partial charge in [0.1, 0.15) is 6.07 Å². The number of hydrogen-bond donors (Lipinski definition) is 1. The maximum absolute atomic E-state index is 13.3. The molecule has 0 bridgehead atoms. The number of carbonyl (C=O) groups excluding carboxylic acids is 1. The van der Waals surface area contributed by atoms with Gasteiger partial charge in [0.25, 0.3) is 0 Å². The molecule has 7 nitrogen and oxygen atoms in total. The first kappa shape index (κ1) is 24.8. The van der Waals surface area contributed by atoms with Gasteiger partial charge in [-0.05, 0) is 36.8 Å². The molecule has 1 amide bonds. The summed E-state index contributed by atoms with van der Waals surface area (Å²) in [5.74, 6) is -0.357. The van der Waals surface area contributed by atoms with E-state index in [1.807, 2.05) is 28.0 Å². The van der Waals surface area contributed by atoms with E-state index in [1.165, 1.54) is 6.07 Å². The largest absolute Gasteiger partial charge is 0.416 e. The molecule has 2 aliphatic rings. The highest BCUT2D eigenvalue weighted by atomic mass is 19.4. The summed E-state index contributed by atoms with van der Waals surface area (Å²) in [6.07, 6.45) is -3.70. The van der Waals surface area contributed by atoms with Crippen molar-refractivity contribution in [3.8, 4) is 6.07 Å². The van der Waals surface area contributed by atoms with Crippen molar-refractivity contribution in [2.45, 2.75) is 12.6 Å². The Morgan fingerprint density at radius 2 is 1.71 bits per heavy atom. The first-order chi connectivity index (χ1) is 16.8. The lowest BCUT2D eigenvalue weighted by atomic mass is 10.1. The number of para-hydroxylation sites is 1.